The minimum absolute atomic E-state index is 0.0870. The van der Waals surface area contributed by atoms with Crippen LogP contribution in [0.25, 0.3) is 0 Å². The van der Waals surface area contributed by atoms with Gasteiger partial charge in [0.2, 0.25) is 5.91 Å². The summed E-state index contributed by atoms with van der Waals surface area (Å²) in [6.07, 6.45) is -3.62. The lowest BCUT2D eigenvalue weighted by atomic mass is 9.81. The molecule has 0 aliphatic heterocycles. The van der Waals surface area contributed by atoms with Crippen LogP contribution in [0.2, 0.25) is 0 Å². The number of amides is 1. The van der Waals surface area contributed by atoms with E-state index in [4.69, 9.17) is 5.73 Å². The van der Waals surface area contributed by atoms with Gasteiger partial charge in [0.1, 0.15) is 0 Å². The number of carbonyl (C=O) groups excluding carboxylic acids is 1. The summed E-state index contributed by atoms with van der Waals surface area (Å²) in [5.74, 6) is -0.483. The van der Waals surface area contributed by atoms with Crippen molar-refractivity contribution in [2.75, 3.05) is 11.9 Å². The Morgan fingerprint density at radius 3 is 2.29 bits per heavy atom. The van der Waals surface area contributed by atoms with E-state index in [9.17, 15) is 18.0 Å². The predicted octanol–water partition coefficient (Wildman–Crippen LogP) is 4.17. The molecule has 1 aromatic carbocycles. The number of nitrogens with one attached hydrogen (secondary N) is 1. The highest BCUT2D eigenvalue weighted by Gasteiger charge is 2.37. The number of anilines is 1. The van der Waals surface area contributed by atoms with Crippen molar-refractivity contribution in [1.29, 1.82) is 0 Å². The largest absolute Gasteiger partial charge is 0.418 e. The first-order valence-corrected chi connectivity index (χ1v) is 7.37. The highest BCUT2D eigenvalue weighted by Crippen LogP contribution is 2.37. The molecule has 0 aliphatic carbocycles. The summed E-state index contributed by atoms with van der Waals surface area (Å²) in [5.41, 5.74) is 3.65. The maximum absolute atomic E-state index is 13.0. The molecule has 1 amide bonds. The molecule has 0 heterocycles. The van der Waals surface area contributed by atoms with Crippen molar-refractivity contribution in [3.8, 4) is 0 Å². The van der Waals surface area contributed by atoms with Gasteiger partial charge in [-0.25, -0.2) is 0 Å². The highest BCUT2D eigenvalue weighted by atomic mass is 79.9. The van der Waals surface area contributed by atoms with E-state index in [0.29, 0.717) is 17.3 Å². The second-order valence-corrected chi connectivity index (χ2v) is 5.75. The average Bonchev–Trinajstić information content (AvgIpc) is 2.42. The molecule has 0 atom stereocenters. The molecule has 3 N–H and O–H groups in total. The van der Waals surface area contributed by atoms with E-state index in [1.54, 1.807) is 13.8 Å². The molecule has 0 bridgehead atoms. The van der Waals surface area contributed by atoms with Crippen LogP contribution in [0.1, 0.15) is 32.3 Å². The Balaban J connectivity index is 3.17. The molecule has 0 radical (unpaired) electrons. The summed E-state index contributed by atoms with van der Waals surface area (Å²) in [7, 11) is 0. The van der Waals surface area contributed by atoms with E-state index in [1.807, 2.05) is 0 Å². The molecule has 0 fully saturated rings. The van der Waals surface area contributed by atoms with Crippen LogP contribution in [-0.2, 0) is 11.0 Å². The van der Waals surface area contributed by atoms with Crippen LogP contribution in [0.3, 0.4) is 0 Å². The monoisotopic (exact) mass is 366 g/mol. The number of halogens is 4. The smallest absolute Gasteiger partial charge is 0.329 e. The van der Waals surface area contributed by atoms with Crippen LogP contribution in [0, 0.1) is 5.41 Å². The summed E-state index contributed by atoms with van der Waals surface area (Å²) in [4.78, 5) is 12.3. The number of nitrogens with two attached hydrogens (primary N) is 1. The molecule has 21 heavy (non-hydrogen) atoms. The van der Waals surface area contributed by atoms with Gasteiger partial charge in [-0.05, 0) is 31.0 Å². The zero-order chi connectivity index (χ0) is 16.3. The molecule has 1 aromatic rings. The molecule has 0 saturated carbocycles. The van der Waals surface area contributed by atoms with Crippen molar-refractivity contribution in [3.63, 3.8) is 0 Å². The zero-order valence-corrected chi connectivity index (χ0v) is 13.4. The summed E-state index contributed by atoms with van der Waals surface area (Å²) in [5, 5.41) is 2.38. The molecule has 1 rings (SSSR count). The van der Waals surface area contributed by atoms with Gasteiger partial charge in [0.25, 0.3) is 0 Å². The van der Waals surface area contributed by atoms with Crippen molar-refractivity contribution < 1.29 is 18.0 Å². The van der Waals surface area contributed by atoms with E-state index in [-0.39, 0.29) is 12.2 Å². The summed E-state index contributed by atoms with van der Waals surface area (Å²) < 4.78 is 39.4. The van der Waals surface area contributed by atoms with Gasteiger partial charge in [-0.2, -0.15) is 13.2 Å². The number of hydrogen-bond acceptors (Lipinski definition) is 2. The zero-order valence-electron chi connectivity index (χ0n) is 11.9. The number of benzene rings is 1. The number of hydrogen-bond donors (Lipinski definition) is 2. The molecule has 118 valence electrons. The van der Waals surface area contributed by atoms with Gasteiger partial charge in [0.15, 0.2) is 0 Å². The first-order chi connectivity index (χ1) is 9.70. The first-order valence-electron chi connectivity index (χ1n) is 6.58. The van der Waals surface area contributed by atoms with Gasteiger partial charge < -0.3 is 11.1 Å². The topological polar surface area (TPSA) is 55.1 Å². The number of carbonyl (C=O) groups is 1. The van der Waals surface area contributed by atoms with E-state index in [1.165, 1.54) is 12.1 Å². The number of rotatable bonds is 5. The van der Waals surface area contributed by atoms with Crippen molar-refractivity contribution >= 4 is 27.5 Å². The lowest BCUT2D eigenvalue weighted by Gasteiger charge is -2.29. The minimum Gasteiger partial charge on any atom is -0.329 e. The third kappa shape index (κ3) is 3.97. The quantitative estimate of drug-likeness (QED) is 0.821. The van der Waals surface area contributed by atoms with Crippen LogP contribution >= 0.6 is 15.9 Å². The Kier molecular flexibility index (Phi) is 5.81. The van der Waals surface area contributed by atoms with Crippen LogP contribution in [0.4, 0.5) is 18.9 Å². The normalized spacial score (nSPS) is 12.3. The third-order valence-corrected chi connectivity index (χ3v) is 4.25. The lowest BCUT2D eigenvalue weighted by molar-refractivity contribution is -0.137. The Morgan fingerprint density at radius 1 is 1.29 bits per heavy atom. The van der Waals surface area contributed by atoms with Gasteiger partial charge in [0.05, 0.1) is 16.7 Å². The van der Waals surface area contributed by atoms with Crippen molar-refractivity contribution in [2.24, 2.45) is 11.1 Å². The van der Waals surface area contributed by atoms with Crippen molar-refractivity contribution in [2.45, 2.75) is 32.9 Å². The maximum atomic E-state index is 13.0. The molecule has 0 unspecified atom stereocenters. The molecule has 7 heteroatoms. The van der Waals surface area contributed by atoms with E-state index >= 15 is 0 Å². The summed E-state index contributed by atoms with van der Waals surface area (Å²) in [6.45, 7) is 3.67. The van der Waals surface area contributed by atoms with E-state index in [2.05, 4.69) is 21.2 Å². The number of alkyl halides is 3. The highest BCUT2D eigenvalue weighted by molar-refractivity contribution is 9.10. The molecule has 0 spiro atoms. The molecule has 0 aliphatic rings. The fourth-order valence-electron chi connectivity index (χ4n) is 2.07. The van der Waals surface area contributed by atoms with Gasteiger partial charge in [-0.1, -0.05) is 29.8 Å². The van der Waals surface area contributed by atoms with Gasteiger partial charge >= 0.3 is 6.18 Å². The second kappa shape index (κ2) is 6.79. The minimum atomic E-state index is -4.55. The summed E-state index contributed by atoms with van der Waals surface area (Å²) in [6, 6.07) is 3.63. The predicted molar refractivity (Wildman–Crippen MR) is 79.8 cm³/mol. The molecular formula is C14H18BrF3N2O. The van der Waals surface area contributed by atoms with Crippen LogP contribution < -0.4 is 11.1 Å². The Morgan fingerprint density at radius 2 is 1.86 bits per heavy atom. The van der Waals surface area contributed by atoms with Crippen LogP contribution in [0.5, 0.6) is 0 Å². The molecule has 0 saturated heterocycles. The molecule has 0 aromatic heterocycles. The van der Waals surface area contributed by atoms with E-state index in [0.717, 1.165) is 6.07 Å². The second-order valence-electron chi connectivity index (χ2n) is 4.83. The standard InChI is InChI=1S/C14H18BrF3N2O/c1-3-13(4-2,8-19)12(21)20-11-6-5-9(15)7-10(11)14(16,17)18/h5-7H,3-4,8,19H2,1-2H3,(H,20,21). The maximum Gasteiger partial charge on any atom is 0.418 e. The van der Waals surface area contributed by atoms with Crippen LogP contribution in [-0.4, -0.2) is 12.5 Å². The summed E-state index contributed by atoms with van der Waals surface area (Å²) >= 11 is 3.00. The average molecular weight is 367 g/mol. The Hall–Kier alpha value is -1.08. The Bertz CT molecular complexity index is 505. The van der Waals surface area contributed by atoms with Gasteiger partial charge in [-0.15, -0.1) is 0 Å². The molecular weight excluding hydrogens is 349 g/mol. The van der Waals surface area contributed by atoms with Crippen molar-refractivity contribution in [1.82, 2.24) is 0 Å². The Labute approximate surface area is 130 Å². The molecule has 3 nitrogen and oxygen atoms in total. The fourth-order valence-corrected chi connectivity index (χ4v) is 2.43. The third-order valence-electron chi connectivity index (χ3n) is 3.76. The lowest BCUT2D eigenvalue weighted by Crippen LogP contribution is -2.41. The first kappa shape index (κ1) is 18.0. The van der Waals surface area contributed by atoms with Gasteiger partial charge in [0, 0.05) is 11.0 Å². The van der Waals surface area contributed by atoms with E-state index < -0.39 is 23.1 Å². The van der Waals surface area contributed by atoms with Crippen LogP contribution in [0.15, 0.2) is 22.7 Å². The fraction of sp³-hybridized carbons (Fsp3) is 0.500. The van der Waals surface area contributed by atoms with Crippen molar-refractivity contribution in [3.05, 3.63) is 28.2 Å². The SMILES string of the molecule is CCC(CC)(CN)C(=O)Nc1ccc(Br)cc1C(F)(F)F. The van der Waals surface area contributed by atoms with Gasteiger partial charge in [-0.3, -0.25) is 4.79 Å².